The monoisotopic (exact) mass is 280 g/mol. The summed E-state index contributed by atoms with van der Waals surface area (Å²) in [5, 5.41) is 0. The molecular weight excluding hydrogens is 260 g/mol. The van der Waals surface area contributed by atoms with Crippen molar-refractivity contribution in [3.63, 3.8) is 0 Å². The van der Waals surface area contributed by atoms with Gasteiger partial charge in [0, 0.05) is 25.5 Å². The summed E-state index contributed by atoms with van der Waals surface area (Å²) in [6.07, 6.45) is 0. The lowest BCUT2D eigenvalue weighted by Gasteiger charge is -2.46. The van der Waals surface area contributed by atoms with E-state index in [0.717, 1.165) is 5.69 Å². The number of hydrogen-bond acceptors (Lipinski definition) is 2. The molecule has 0 unspecified atom stereocenters. The number of amides is 1. The molecule has 0 radical (unpaired) electrons. The average molecular weight is 280 g/mol. The van der Waals surface area contributed by atoms with Gasteiger partial charge < -0.3 is 9.80 Å². The van der Waals surface area contributed by atoms with Crippen LogP contribution < -0.4 is 9.80 Å². The van der Waals surface area contributed by atoms with Crippen LogP contribution in [0.2, 0.25) is 0 Å². The molecule has 1 fully saturated rings. The predicted molar refractivity (Wildman–Crippen MR) is 86.6 cm³/mol. The molecule has 0 bridgehead atoms. The maximum atomic E-state index is 12.2. The third-order valence-electron chi connectivity index (χ3n) is 4.16. The first-order chi connectivity index (χ1) is 10.1. The van der Waals surface area contributed by atoms with Crippen molar-refractivity contribution in [1.82, 2.24) is 0 Å². The summed E-state index contributed by atoms with van der Waals surface area (Å²) in [6, 6.07) is 18.5. The normalized spacial score (nSPS) is 21.1. The van der Waals surface area contributed by atoms with Crippen LogP contribution in [0, 0.1) is 5.92 Å². The van der Waals surface area contributed by atoms with Gasteiger partial charge in [-0.3, -0.25) is 4.79 Å². The highest BCUT2D eigenvalue weighted by Crippen LogP contribution is 2.43. The summed E-state index contributed by atoms with van der Waals surface area (Å²) < 4.78 is 0. The Morgan fingerprint density at radius 3 is 2.14 bits per heavy atom. The fourth-order valence-electron chi connectivity index (χ4n) is 2.92. The Balaban J connectivity index is 1.91. The van der Waals surface area contributed by atoms with Crippen LogP contribution in [0.1, 0.15) is 18.5 Å². The van der Waals surface area contributed by atoms with Crippen molar-refractivity contribution >= 4 is 17.3 Å². The van der Waals surface area contributed by atoms with E-state index in [1.165, 1.54) is 11.3 Å². The van der Waals surface area contributed by atoms with Crippen molar-refractivity contribution < 1.29 is 4.79 Å². The van der Waals surface area contributed by atoms with E-state index in [1.54, 1.807) is 0 Å². The second kappa shape index (κ2) is 5.24. The van der Waals surface area contributed by atoms with Crippen LogP contribution in [-0.2, 0) is 4.79 Å². The van der Waals surface area contributed by atoms with Gasteiger partial charge in [0.2, 0.25) is 5.91 Å². The minimum absolute atomic E-state index is 0.0374. The van der Waals surface area contributed by atoms with Gasteiger partial charge in [-0.25, -0.2) is 0 Å². The molecule has 2 aromatic rings. The van der Waals surface area contributed by atoms with E-state index in [9.17, 15) is 4.79 Å². The van der Waals surface area contributed by atoms with Gasteiger partial charge in [0.25, 0.3) is 0 Å². The van der Waals surface area contributed by atoms with E-state index >= 15 is 0 Å². The number of carbonyl (C=O) groups excluding carboxylic acids is 1. The van der Waals surface area contributed by atoms with Gasteiger partial charge >= 0.3 is 0 Å². The molecule has 0 N–H and O–H groups in total. The molecule has 3 heteroatoms. The summed E-state index contributed by atoms with van der Waals surface area (Å²) in [5.41, 5.74) is 3.34. The molecule has 1 saturated heterocycles. The van der Waals surface area contributed by atoms with E-state index in [-0.39, 0.29) is 17.9 Å². The zero-order chi connectivity index (χ0) is 15.0. The Kier molecular flexibility index (Phi) is 3.42. The van der Waals surface area contributed by atoms with Crippen molar-refractivity contribution in [2.24, 2.45) is 5.92 Å². The molecule has 1 amide bonds. The summed E-state index contributed by atoms with van der Waals surface area (Å²) >= 11 is 0. The lowest BCUT2D eigenvalue weighted by molar-refractivity contribution is -0.129. The number of hydrogen-bond donors (Lipinski definition) is 0. The molecule has 1 aliphatic heterocycles. The molecular formula is C18H20N2O. The minimum Gasteiger partial charge on any atom is -0.378 e. The summed E-state index contributed by atoms with van der Waals surface area (Å²) in [4.78, 5) is 16.2. The lowest BCUT2D eigenvalue weighted by Crippen LogP contribution is -2.54. The highest BCUT2D eigenvalue weighted by atomic mass is 16.2. The van der Waals surface area contributed by atoms with Gasteiger partial charge in [-0.2, -0.15) is 0 Å². The third-order valence-corrected chi connectivity index (χ3v) is 4.16. The van der Waals surface area contributed by atoms with Gasteiger partial charge in [0.15, 0.2) is 0 Å². The number of nitrogens with zero attached hydrogens (tertiary/aromatic N) is 2. The predicted octanol–water partition coefficient (Wildman–Crippen LogP) is 3.48. The second-order valence-electron chi connectivity index (χ2n) is 5.76. The highest BCUT2D eigenvalue weighted by Gasteiger charge is 2.45. The molecule has 2 aromatic carbocycles. The number of anilines is 2. The van der Waals surface area contributed by atoms with Crippen LogP contribution in [-0.4, -0.2) is 20.0 Å². The fraction of sp³-hybridized carbons (Fsp3) is 0.278. The summed E-state index contributed by atoms with van der Waals surface area (Å²) in [5.74, 6) is 0.235. The molecule has 1 aliphatic rings. The molecule has 0 aliphatic carbocycles. The van der Waals surface area contributed by atoms with Gasteiger partial charge in [0.1, 0.15) is 0 Å². The smallest absolute Gasteiger partial charge is 0.232 e. The van der Waals surface area contributed by atoms with Crippen molar-refractivity contribution in [2.45, 2.75) is 13.0 Å². The Hall–Kier alpha value is -2.29. The molecule has 108 valence electrons. The molecule has 0 saturated carbocycles. The fourth-order valence-corrected chi connectivity index (χ4v) is 2.92. The van der Waals surface area contributed by atoms with E-state index in [4.69, 9.17) is 0 Å². The molecule has 1 heterocycles. The number of benzene rings is 2. The zero-order valence-corrected chi connectivity index (χ0v) is 12.7. The minimum atomic E-state index is 0.0374. The third kappa shape index (κ3) is 2.29. The van der Waals surface area contributed by atoms with Crippen molar-refractivity contribution in [3.8, 4) is 0 Å². The van der Waals surface area contributed by atoms with E-state index in [0.29, 0.717) is 0 Å². The first kappa shape index (κ1) is 13.7. The molecule has 0 spiro atoms. The van der Waals surface area contributed by atoms with Crippen LogP contribution in [0.3, 0.4) is 0 Å². The first-order valence-electron chi connectivity index (χ1n) is 7.25. The zero-order valence-electron chi connectivity index (χ0n) is 12.7. The van der Waals surface area contributed by atoms with Crippen molar-refractivity contribution in [3.05, 3.63) is 60.2 Å². The number of para-hydroxylation sites is 1. The first-order valence-corrected chi connectivity index (χ1v) is 7.25. The SMILES string of the molecule is C[C@H]1C(=O)N(c2ccccc2)[C@@H]1c1ccc(N(C)C)cc1. The number of carbonyl (C=O) groups is 1. The molecule has 2 atom stereocenters. The Bertz CT molecular complexity index is 634. The molecule has 3 rings (SSSR count). The molecule has 0 aromatic heterocycles. The van der Waals surface area contributed by atoms with Gasteiger partial charge in [0.05, 0.1) is 12.0 Å². The van der Waals surface area contributed by atoms with Gasteiger partial charge in [-0.15, -0.1) is 0 Å². The Labute approximate surface area is 125 Å². The number of β-lactam (4-membered cyclic amide) rings is 1. The van der Waals surface area contributed by atoms with Crippen LogP contribution in [0.5, 0.6) is 0 Å². The van der Waals surface area contributed by atoms with Crippen molar-refractivity contribution in [2.75, 3.05) is 23.9 Å². The van der Waals surface area contributed by atoms with Crippen molar-refractivity contribution in [1.29, 1.82) is 0 Å². The second-order valence-corrected chi connectivity index (χ2v) is 5.76. The van der Waals surface area contributed by atoms with E-state index in [2.05, 4.69) is 29.2 Å². The standard InChI is InChI=1S/C18H20N2O/c1-13-17(14-9-11-15(12-10-14)19(2)3)20(18(13)21)16-7-5-4-6-8-16/h4-13,17H,1-3H3/t13-,17+/m1/s1. The lowest BCUT2D eigenvalue weighted by atomic mass is 9.83. The average Bonchev–Trinajstić information content (AvgIpc) is 2.52. The number of rotatable bonds is 3. The van der Waals surface area contributed by atoms with Gasteiger partial charge in [-0.05, 0) is 29.8 Å². The van der Waals surface area contributed by atoms with Crippen LogP contribution in [0.25, 0.3) is 0 Å². The largest absolute Gasteiger partial charge is 0.378 e. The Morgan fingerprint density at radius 2 is 1.57 bits per heavy atom. The summed E-state index contributed by atoms with van der Waals surface area (Å²) in [7, 11) is 4.06. The van der Waals surface area contributed by atoms with E-state index < -0.39 is 0 Å². The molecule has 3 nitrogen and oxygen atoms in total. The molecule has 21 heavy (non-hydrogen) atoms. The Morgan fingerprint density at radius 1 is 0.952 bits per heavy atom. The maximum Gasteiger partial charge on any atom is 0.232 e. The van der Waals surface area contributed by atoms with Crippen LogP contribution >= 0.6 is 0 Å². The maximum absolute atomic E-state index is 12.2. The van der Waals surface area contributed by atoms with E-state index in [1.807, 2.05) is 56.3 Å². The van der Waals surface area contributed by atoms with Crippen LogP contribution in [0.4, 0.5) is 11.4 Å². The summed E-state index contributed by atoms with van der Waals surface area (Å²) in [6.45, 7) is 2.01. The van der Waals surface area contributed by atoms with Gasteiger partial charge in [-0.1, -0.05) is 37.3 Å². The highest BCUT2D eigenvalue weighted by molar-refractivity contribution is 6.02. The quantitative estimate of drug-likeness (QED) is 0.804. The van der Waals surface area contributed by atoms with Crippen LogP contribution in [0.15, 0.2) is 54.6 Å². The topological polar surface area (TPSA) is 23.6 Å².